The van der Waals surface area contributed by atoms with Crippen molar-refractivity contribution in [2.75, 3.05) is 19.1 Å². The fourth-order valence-corrected chi connectivity index (χ4v) is 4.96. The number of rotatable bonds is 7. The minimum atomic E-state index is 0.691. The quantitative estimate of drug-likeness (QED) is 0.278. The molecule has 4 rings (SSSR count). The van der Waals surface area contributed by atoms with E-state index in [1.165, 1.54) is 11.1 Å². The Labute approximate surface area is 197 Å². The van der Waals surface area contributed by atoms with E-state index < -0.39 is 0 Å². The molecule has 0 saturated heterocycles. The molecule has 0 aliphatic carbocycles. The minimum absolute atomic E-state index is 0.691. The lowest BCUT2D eigenvalue weighted by Crippen LogP contribution is -2.24. The summed E-state index contributed by atoms with van der Waals surface area (Å²) in [5.41, 5.74) is 3.28. The van der Waals surface area contributed by atoms with Crippen LogP contribution in [-0.4, -0.2) is 28.8 Å². The Morgan fingerprint density at radius 2 is 1.47 bits per heavy atom. The van der Waals surface area contributed by atoms with Crippen LogP contribution in [0.3, 0.4) is 0 Å². The monoisotopic (exact) mass is 578 g/mol. The van der Waals surface area contributed by atoms with Crippen molar-refractivity contribution >= 4 is 49.9 Å². The van der Waals surface area contributed by atoms with Crippen LogP contribution in [0.15, 0.2) is 65.4 Å². The van der Waals surface area contributed by atoms with Crippen molar-refractivity contribution in [3.05, 3.63) is 80.2 Å². The van der Waals surface area contributed by atoms with Crippen molar-refractivity contribution in [2.24, 2.45) is 0 Å². The summed E-state index contributed by atoms with van der Waals surface area (Å²) in [6, 6.07) is 18.3. The van der Waals surface area contributed by atoms with Crippen LogP contribution < -0.4 is 14.4 Å². The molecule has 0 aliphatic heterocycles. The summed E-state index contributed by atoms with van der Waals surface area (Å²) in [5, 5.41) is 4.41. The third-order valence-electron chi connectivity index (χ3n) is 4.81. The molecule has 2 aromatic heterocycles. The Morgan fingerprint density at radius 1 is 0.933 bits per heavy atom. The summed E-state index contributed by atoms with van der Waals surface area (Å²) >= 11 is 5.96. The first-order valence-corrected chi connectivity index (χ1v) is 11.1. The van der Waals surface area contributed by atoms with E-state index in [1.54, 1.807) is 20.5 Å². The predicted octanol–water partition coefficient (Wildman–Crippen LogP) is 5.32. The number of anilines is 1. The molecule has 2 heterocycles. The molecule has 0 N–H and O–H groups in total. The van der Waals surface area contributed by atoms with E-state index in [0.717, 1.165) is 31.0 Å². The lowest BCUT2D eigenvalue weighted by atomic mass is 10.1. The van der Waals surface area contributed by atoms with Crippen molar-refractivity contribution in [2.45, 2.75) is 13.1 Å². The molecule has 6 nitrogen and oxygen atoms in total. The van der Waals surface area contributed by atoms with Gasteiger partial charge >= 0.3 is 0 Å². The van der Waals surface area contributed by atoms with Gasteiger partial charge in [0.2, 0.25) is 0 Å². The van der Waals surface area contributed by atoms with Crippen molar-refractivity contribution in [3.8, 4) is 11.5 Å². The third kappa shape index (κ3) is 4.39. The molecule has 30 heavy (non-hydrogen) atoms. The second kappa shape index (κ2) is 9.22. The summed E-state index contributed by atoms with van der Waals surface area (Å²) in [7, 11) is 3.35. The standard InChI is InChI=1S/C22H20BrIN4O2/c1-29-17-7-3-15(4-8-17)12-27(13-16-5-9-18(30-2)10-6-16)22-21-19(23)11-20(24)28(21)26-14-25-22/h3-11,14H,12-13H2,1-2H3. The van der Waals surface area contributed by atoms with Crippen LogP contribution in [0.4, 0.5) is 5.82 Å². The highest BCUT2D eigenvalue weighted by Gasteiger charge is 2.18. The number of nitrogens with zero attached hydrogens (tertiary/aromatic N) is 4. The van der Waals surface area contributed by atoms with Crippen LogP contribution in [0.25, 0.3) is 5.52 Å². The Morgan fingerprint density at radius 3 is 1.97 bits per heavy atom. The van der Waals surface area contributed by atoms with Gasteiger partial charge < -0.3 is 14.4 Å². The Balaban J connectivity index is 1.74. The average molecular weight is 579 g/mol. The molecule has 0 bridgehead atoms. The molecule has 0 saturated carbocycles. The average Bonchev–Trinajstić information content (AvgIpc) is 3.08. The fraction of sp³-hybridized carbons (Fsp3) is 0.182. The van der Waals surface area contributed by atoms with Gasteiger partial charge in [0.05, 0.1) is 14.2 Å². The number of hydrogen-bond acceptors (Lipinski definition) is 5. The molecule has 0 spiro atoms. The number of fused-ring (bicyclic) bond motifs is 1. The van der Waals surface area contributed by atoms with E-state index in [4.69, 9.17) is 9.47 Å². The van der Waals surface area contributed by atoms with E-state index in [1.807, 2.05) is 34.8 Å². The number of benzene rings is 2. The zero-order valence-corrected chi connectivity index (χ0v) is 20.3. The summed E-state index contributed by atoms with van der Waals surface area (Å²) in [4.78, 5) is 6.90. The lowest BCUT2D eigenvalue weighted by Gasteiger charge is -2.25. The van der Waals surface area contributed by atoms with Gasteiger partial charge in [-0.1, -0.05) is 24.3 Å². The molecule has 2 aromatic carbocycles. The number of methoxy groups -OCH3 is 2. The van der Waals surface area contributed by atoms with Crippen LogP contribution in [0.5, 0.6) is 11.5 Å². The van der Waals surface area contributed by atoms with Gasteiger partial charge in [0, 0.05) is 17.6 Å². The van der Waals surface area contributed by atoms with E-state index in [0.29, 0.717) is 13.1 Å². The van der Waals surface area contributed by atoms with Crippen molar-refractivity contribution < 1.29 is 9.47 Å². The maximum Gasteiger partial charge on any atom is 0.158 e. The molecule has 0 amide bonds. The van der Waals surface area contributed by atoms with Gasteiger partial charge in [-0.05, 0) is 80.0 Å². The molecule has 0 aliphatic rings. The van der Waals surface area contributed by atoms with Crippen LogP contribution in [-0.2, 0) is 13.1 Å². The van der Waals surface area contributed by atoms with Crippen molar-refractivity contribution in [1.82, 2.24) is 14.6 Å². The summed E-state index contributed by atoms with van der Waals surface area (Å²) in [6.07, 6.45) is 1.60. The zero-order chi connectivity index (χ0) is 21.1. The molecular weight excluding hydrogens is 559 g/mol. The minimum Gasteiger partial charge on any atom is -0.497 e. The number of halogens is 2. The van der Waals surface area contributed by atoms with Crippen molar-refractivity contribution in [1.29, 1.82) is 0 Å². The molecular formula is C22H20BrIN4O2. The highest BCUT2D eigenvalue weighted by molar-refractivity contribution is 14.1. The molecule has 0 atom stereocenters. The van der Waals surface area contributed by atoms with Crippen LogP contribution >= 0.6 is 38.5 Å². The van der Waals surface area contributed by atoms with Gasteiger partial charge in [-0.3, -0.25) is 0 Å². The van der Waals surface area contributed by atoms with Crippen LogP contribution in [0, 0.1) is 3.70 Å². The summed E-state index contributed by atoms with van der Waals surface area (Å²) < 4.78 is 14.5. The number of ether oxygens (including phenoxy) is 2. The van der Waals surface area contributed by atoms with E-state index >= 15 is 0 Å². The van der Waals surface area contributed by atoms with Gasteiger partial charge in [-0.2, -0.15) is 5.10 Å². The topological polar surface area (TPSA) is 51.9 Å². The lowest BCUT2D eigenvalue weighted by molar-refractivity contribution is 0.414. The second-order valence-electron chi connectivity index (χ2n) is 6.71. The maximum absolute atomic E-state index is 5.30. The summed E-state index contributed by atoms with van der Waals surface area (Å²) in [5.74, 6) is 2.55. The van der Waals surface area contributed by atoms with Gasteiger partial charge in [0.1, 0.15) is 27.0 Å². The third-order valence-corrected chi connectivity index (χ3v) is 6.18. The first-order valence-electron chi connectivity index (χ1n) is 9.27. The zero-order valence-electron chi connectivity index (χ0n) is 16.5. The number of aromatic nitrogens is 3. The molecule has 154 valence electrons. The van der Waals surface area contributed by atoms with Crippen molar-refractivity contribution in [3.63, 3.8) is 0 Å². The molecule has 0 fully saturated rings. The smallest absolute Gasteiger partial charge is 0.158 e. The second-order valence-corrected chi connectivity index (χ2v) is 8.67. The molecule has 0 radical (unpaired) electrons. The molecule has 4 aromatic rings. The largest absolute Gasteiger partial charge is 0.497 e. The normalized spacial score (nSPS) is 10.9. The molecule has 8 heteroatoms. The van der Waals surface area contributed by atoms with E-state index in [9.17, 15) is 0 Å². The van der Waals surface area contributed by atoms with Crippen LogP contribution in [0.2, 0.25) is 0 Å². The summed E-state index contributed by atoms with van der Waals surface area (Å²) in [6.45, 7) is 1.38. The molecule has 0 unspecified atom stereocenters. The highest BCUT2D eigenvalue weighted by atomic mass is 127. The van der Waals surface area contributed by atoms with Gasteiger partial charge in [-0.15, -0.1) is 0 Å². The predicted molar refractivity (Wildman–Crippen MR) is 129 cm³/mol. The highest BCUT2D eigenvalue weighted by Crippen LogP contribution is 2.31. The Hall–Kier alpha value is -2.33. The first kappa shape index (κ1) is 20.9. The van der Waals surface area contributed by atoms with E-state index in [2.05, 4.69) is 77.8 Å². The van der Waals surface area contributed by atoms with Crippen LogP contribution in [0.1, 0.15) is 11.1 Å². The maximum atomic E-state index is 5.30. The Bertz CT molecular complexity index is 1100. The number of hydrogen-bond donors (Lipinski definition) is 0. The van der Waals surface area contributed by atoms with Gasteiger partial charge in [0.15, 0.2) is 5.82 Å². The first-order chi connectivity index (χ1) is 14.6. The fourth-order valence-electron chi connectivity index (χ4n) is 3.29. The van der Waals surface area contributed by atoms with E-state index in [-0.39, 0.29) is 0 Å². The Kier molecular flexibility index (Phi) is 6.43. The van der Waals surface area contributed by atoms with Gasteiger partial charge in [-0.25, -0.2) is 9.50 Å². The SMILES string of the molecule is COc1ccc(CN(Cc2ccc(OC)cc2)c2ncnn3c(I)cc(Br)c23)cc1. The van der Waals surface area contributed by atoms with Gasteiger partial charge in [0.25, 0.3) is 0 Å².